The number of benzene rings is 1. The third-order valence-electron chi connectivity index (χ3n) is 2.03. The lowest BCUT2D eigenvalue weighted by Crippen LogP contribution is -1.99. The molecule has 1 atom stereocenters. The van der Waals surface area contributed by atoms with Gasteiger partial charge in [0.15, 0.2) is 0 Å². The van der Waals surface area contributed by atoms with Gasteiger partial charge in [-0.05, 0) is 36.8 Å². The Morgan fingerprint density at radius 1 is 1.53 bits per heavy atom. The van der Waals surface area contributed by atoms with Crippen LogP contribution in [0.1, 0.15) is 12.5 Å². The van der Waals surface area contributed by atoms with Crippen molar-refractivity contribution in [3.05, 3.63) is 41.4 Å². The fraction of sp³-hybridized carbons (Fsp3) is 0.333. The number of hydrogen-bond acceptors (Lipinski definition) is 3. The van der Waals surface area contributed by atoms with Gasteiger partial charge in [0.05, 0.1) is 11.6 Å². The van der Waals surface area contributed by atoms with E-state index in [1.165, 1.54) is 0 Å². The van der Waals surface area contributed by atoms with E-state index in [0.717, 1.165) is 5.56 Å². The topological polar surface area (TPSA) is 18.5 Å². The molecule has 0 aliphatic heterocycles. The number of hydrogen-bond donors (Lipinski definition) is 0. The Morgan fingerprint density at radius 3 is 2.82 bits per heavy atom. The van der Waals surface area contributed by atoms with Crippen molar-refractivity contribution in [2.75, 3.05) is 13.3 Å². The molecule has 0 N–H and O–H groups in total. The first-order chi connectivity index (χ1) is 8.00. The van der Waals surface area contributed by atoms with E-state index in [9.17, 15) is 0 Å². The van der Waals surface area contributed by atoms with Crippen LogP contribution in [-0.4, -0.2) is 13.3 Å². The Morgan fingerprint density at radius 2 is 2.24 bits per heavy atom. The van der Waals surface area contributed by atoms with E-state index in [4.69, 9.17) is 32.5 Å². The molecule has 0 radical (unpaired) electrons. The molecule has 2 nitrogen and oxygen atoms in total. The Labute approximate surface area is 113 Å². The lowest BCUT2D eigenvalue weighted by atomic mass is 10.1. The van der Waals surface area contributed by atoms with Crippen LogP contribution < -0.4 is 4.52 Å². The summed E-state index contributed by atoms with van der Waals surface area (Å²) in [5.74, 6) is 0.619. The summed E-state index contributed by atoms with van der Waals surface area (Å²) in [4.78, 5) is 0. The number of para-hydroxylation sites is 1. The van der Waals surface area contributed by atoms with Gasteiger partial charge in [0.2, 0.25) is 6.49 Å². The van der Waals surface area contributed by atoms with Crippen LogP contribution in [-0.2, 0) is 22.8 Å². The van der Waals surface area contributed by atoms with Crippen molar-refractivity contribution in [3.63, 3.8) is 0 Å². The highest BCUT2D eigenvalue weighted by Crippen LogP contribution is 2.47. The minimum Gasteiger partial charge on any atom is -0.442 e. The second kappa shape index (κ2) is 6.55. The molecule has 1 unspecified atom stereocenters. The Kier molecular flexibility index (Phi) is 5.68. The third kappa shape index (κ3) is 4.44. The van der Waals surface area contributed by atoms with Gasteiger partial charge in [-0.25, -0.2) is 0 Å². The fourth-order valence-electron chi connectivity index (χ4n) is 1.40. The lowest BCUT2D eigenvalue weighted by Gasteiger charge is -2.20. The minimum atomic E-state index is -2.28. The molecule has 0 spiro atoms. The van der Waals surface area contributed by atoms with Crippen LogP contribution in [0.25, 0.3) is 0 Å². The van der Waals surface area contributed by atoms with Crippen LogP contribution in [0.2, 0.25) is 5.02 Å². The lowest BCUT2D eigenvalue weighted by molar-refractivity contribution is 0.335. The molecule has 0 aliphatic rings. The van der Waals surface area contributed by atoms with Gasteiger partial charge in [-0.1, -0.05) is 29.8 Å². The molecule has 1 aromatic rings. The van der Waals surface area contributed by atoms with Crippen LogP contribution in [0, 0.1) is 0 Å². The number of allylic oxidation sites excluding steroid dienone is 1. The molecule has 0 saturated heterocycles. The maximum absolute atomic E-state index is 6.13. The van der Waals surface area contributed by atoms with Crippen molar-refractivity contribution < 1.29 is 9.05 Å². The number of halogens is 1. The second-order valence-electron chi connectivity index (χ2n) is 3.50. The van der Waals surface area contributed by atoms with E-state index >= 15 is 0 Å². The zero-order valence-corrected chi connectivity index (χ0v) is 12.4. The van der Waals surface area contributed by atoms with Crippen LogP contribution >= 0.6 is 18.1 Å². The molecule has 0 aromatic heterocycles. The second-order valence-corrected chi connectivity index (χ2v) is 7.88. The molecule has 0 saturated carbocycles. The molecule has 0 aliphatic carbocycles. The van der Waals surface area contributed by atoms with Crippen molar-refractivity contribution in [1.29, 1.82) is 0 Å². The maximum atomic E-state index is 6.13. The Hall–Kier alpha value is -0.340. The van der Waals surface area contributed by atoms with Gasteiger partial charge in [0.1, 0.15) is 5.75 Å². The molecule has 17 heavy (non-hydrogen) atoms. The molecule has 0 heterocycles. The first kappa shape index (κ1) is 14.7. The van der Waals surface area contributed by atoms with E-state index < -0.39 is 6.49 Å². The molecule has 94 valence electrons. The summed E-state index contributed by atoms with van der Waals surface area (Å²) in [5, 5.41) is 0.556. The molecular weight excluding hydrogens is 275 g/mol. The largest absolute Gasteiger partial charge is 0.442 e. The first-order valence-electron chi connectivity index (χ1n) is 5.30. The zero-order chi connectivity index (χ0) is 12.9. The fourth-order valence-corrected chi connectivity index (χ4v) is 3.29. The van der Waals surface area contributed by atoms with E-state index in [2.05, 4.69) is 6.58 Å². The Balaban J connectivity index is 3.03. The summed E-state index contributed by atoms with van der Waals surface area (Å²) in [5.41, 5.74) is 0.975. The van der Waals surface area contributed by atoms with Gasteiger partial charge in [-0.2, -0.15) is 0 Å². The van der Waals surface area contributed by atoms with Gasteiger partial charge >= 0.3 is 0 Å². The molecule has 0 bridgehead atoms. The summed E-state index contributed by atoms with van der Waals surface area (Å²) in [6.07, 6.45) is 2.50. The standard InChI is InChI=1S/C12H16ClO2PS/c1-4-7-10-8-6-9-11(13)12(10)15-16(3,17)14-5-2/h4,6,8-9H,1,5,7H2,2-3H3. The summed E-state index contributed by atoms with van der Waals surface area (Å²) in [7, 11) is 0. The van der Waals surface area contributed by atoms with Crippen molar-refractivity contribution in [2.24, 2.45) is 0 Å². The molecule has 1 rings (SSSR count). The highest BCUT2D eigenvalue weighted by Gasteiger charge is 2.17. The predicted octanol–water partition coefficient (Wildman–Crippen LogP) is 4.42. The third-order valence-corrected chi connectivity index (χ3v) is 4.11. The number of rotatable bonds is 6. The van der Waals surface area contributed by atoms with E-state index in [-0.39, 0.29) is 0 Å². The monoisotopic (exact) mass is 290 g/mol. The van der Waals surface area contributed by atoms with Gasteiger partial charge in [0.25, 0.3) is 0 Å². The van der Waals surface area contributed by atoms with Gasteiger partial charge < -0.3 is 9.05 Å². The van der Waals surface area contributed by atoms with Crippen LogP contribution in [0.5, 0.6) is 5.75 Å². The molecule has 5 heteroatoms. The van der Waals surface area contributed by atoms with E-state index in [1.54, 1.807) is 18.8 Å². The summed E-state index contributed by atoms with van der Waals surface area (Å²) in [6.45, 7) is 5.66. The summed E-state index contributed by atoms with van der Waals surface area (Å²) >= 11 is 11.4. The maximum Gasteiger partial charge on any atom is 0.235 e. The molecular formula is C12H16ClO2PS. The summed E-state index contributed by atoms with van der Waals surface area (Å²) in [6, 6.07) is 5.61. The van der Waals surface area contributed by atoms with Crippen LogP contribution in [0.3, 0.4) is 0 Å². The van der Waals surface area contributed by atoms with Crippen molar-refractivity contribution in [2.45, 2.75) is 13.3 Å². The van der Waals surface area contributed by atoms with E-state index in [0.29, 0.717) is 23.8 Å². The SMILES string of the molecule is C=CCc1cccc(Cl)c1OP(C)(=S)OCC. The average Bonchev–Trinajstić information content (AvgIpc) is 2.23. The molecule has 0 fully saturated rings. The highest BCUT2D eigenvalue weighted by atomic mass is 35.5. The molecule has 0 amide bonds. The van der Waals surface area contributed by atoms with Crippen molar-refractivity contribution >= 4 is 29.9 Å². The van der Waals surface area contributed by atoms with Crippen molar-refractivity contribution in [3.8, 4) is 5.75 Å². The van der Waals surface area contributed by atoms with Crippen molar-refractivity contribution in [1.82, 2.24) is 0 Å². The average molecular weight is 291 g/mol. The zero-order valence-electron chi connectivity index (χ0n) is 9.98. The quantitative estimate of drug-likeness (QED) is 0.571. The highest BCUT2D eigenvalue weighted by molar-refractivity contribution is 8.09. The van der Waals surface area contributed by atoms with E-state index in [1.807, 2.05) is 19.1 Å². The summed E-state index contributed by atoms with van der Waals surface area (Å²) < 4.78 is 11.2. The Bertz CT molecular complexity index is 448. The van der Waals surface area contributed by atoms with Gasteiger partial charge in [-0.15, -0.1) is 6.58 Å². The molecule has 1 aromatic carbocycles. The normalized spacial score (nSPS) is 14.1. The predicted molar refractivity (Wildman–Crippen MR) is 77.8 cm³/mol. The van der Waals surface area contributed by atoms with Gasteiger partial charge in [-0.3, -0.25) is 0 Å². The van der Waals surface area contributed by atoms with Gasteiger partial charge in [0, 0.05) is 6.66 Å². The van der Waals surface area contributed by atoms with Crippen LogP contribution in [0.4, 0.5) is 0 Å². The van der Waals surface area contributed by atoms with Crippen LogP contribution in [0.15, 0.2) is 30.9 Å². The first-order valence-corrected chi connectivity index (χ1v) is 8.76. The minimum absolute atomic E-state index is 0.537. The smallest absolute Gasteiger partial charge is 0.235 e.